The fourth-order valence-electron chi connectivity index (χ4n) is 3.91. The van der Waals surface area contributed by atoms with E-state index in [9.17, 15) is 18.0 Å². The third-order valence-electron chi connectivity index (χ3n) is 6.22. The number of fused-ring (bicyclic) bond motifs is 2. The van der Waals surface area contributed by atoms with E-state index in [2.05, 4.69) is 8.37 Å². The highest BCUT2D eigenvalue weighted by Crippen LogP contribution is 2.28. The topological polar surface area (TPSA) is 105 Å². The Balaban J connectivity index is 1.43. The summed E-state index contributed by atoms with van der Waals surface area (Å²) >= 11 is 0. The lowest BCUT2D eigenvalue weighted by Crippen LogP contribution is -2.24. The van der Waals surface area contributed by atoms with Gasteiger partial charge in [0.05, 0.1) is 26.1 Å². The van der Waals surface area contributed by atoms with Gasteiger partial charge in [-0.2, -0.15) is 0 Å². The lowest BCUT2D eigenvalue weighted by Gasteiger charge is -2.14. The van der Waals surface area contributed by atoms with Gasteiger partial charge in [-0.1, -0.05) is 48.5 Å². The molecule has 4 aromatic carbocycles. The number of methoxy groups -OCH3 is 2. The summed E-state index contributed by atoms with van der Waals surface area (Å²) in [6.45, 7) is 3.02. The van der Waals surface area contributed by atoms with Crippen LogP contribution in [-0.2, 0) is 28.4 Å². The van der Waals surface area contributed by atoms with Crippen LogP contribution in [0.4, 0.5) is 0 Å². The first-order chi connectivity index (χ1) is 17.6. The van der Waals surface area contributed by atoms with Gasteiger partial charge < -0.3 is 17.8 Å². The predicted octanol–water partition coefficient (Wildman–Crippen LogP) is 5.25. The van der Waals surface area contributed by atoms with E-state index in [4.69, 9.17) is 9.47 Å². The highest BCUT2D eigenvalue weighted by molar-refractivity contribution is 7.82. The van der Waals surface area contributed by atoms with Crippen molar-refractivity contribution in [3.63, 3.8) is 0 Å². The Kier molecular flexibility index (Phi) is 7.35. The molecule has 0 spiro atoms. The second kappa shape index (κ2) is 10.5. The van der Waals surface area contributed by atoms with E-state index >= 15 is 0 Å². The van der Waals surface area contributed by atoms with Crippen molar-refractivity contribution in [1.29, 1.82) is 0 Å². The number of hydrogen-bond acceptors (Lipinski definition) is 8. The third kappa shape index (κ3) is 5.83. The smallest absolute Gasteiger partial charge is 0.497 e. The van der Waals surface area contributed by atoms with E-state index in [1.54, 1.807) is 62.8 Å². The molecule has 0 aliphatic carbocycles. The second-order valence-electron chi connectivity index (χ2n) is 8.60. The highest BCUT2D eigenvalue weighted by atomic mass is 32.3. The summed E-state index contributed by atoms with van der Waals surface area (Å²) in [4.78, 5) is 25.2. The van der Waals surface area contributed by atoms with E-state index in [0.717, 1.165) is 21.5 Å². The van der Waals surface area contributed by atoms with Gasteiger partial charge in [0, 0.05) is 0 Å². The lowest BCUT2D eigenvalue weighted by atomic mass is 9.98. The summed E-state index contributed by atoms with van der Waals surface area (Å²) in [7, 11) is -1.78. The summed E-state index contributed by atoms with van der Waals surface area (Å²) in [5.74, 6) is -2.58. The Morgan fingerprint density at radius 1 is 0.595 bits per heavy atom. The molecule has 0 radical (unpaired) electrons. The van der Waals surface area contributed by atoms with Crippen LogP contribution in [0.2, 0.25) is 0 Å². The van der Waals surface area contributed by atoms with E-state index in [1.807, 2.05) is 24.3 Å². The number of hydrogen-bond donors (Lipinski definition) is 0. The van der Waals surface area contributed by atoms with Crippen LogP contribution in [0.15, 0.2) is 72.8 Å². The van der Waals surface area contributed by atoms with Crippen LogP contribution >= 0.6 is 0 Å². The normalized spacial score (nSPS) is 13.1. The fourth-order valence-corrected chi connectivity index (χ4v) is 4.64. The molecule has 0 unspecified atom stereocenters. The third-order valence-corrected chi connectivity index (χ3v) is 6.96. The molecule has 0 saturated heterocycles. The largest absolute Gasteiger partial charge is 0.506 e. The van der Waals surface area contributed by atoms with Crippen LogP contribution in [0.3, 0.4) is 0 Å². The van der Waals surface area contributed by atoms with Crippen molar-refractivity contribution in [3.8, 4) is 11.5 Å². The molecule has 8 nitrogen and oxygen atoms in total. The number of rotatable bonds is 8. The first kappa shape index (κ1) is 26.0. The van der Waals surface area contributed by atoms with Crippen LogP contribution in [0.5, 0.6) is 11.5 Å². The van der Waals surface area contributed by atoms with Crippen molar-refractivity contribution >= 4 is 43.9 Å². The Hall–Kier alpha value is -4.11. The van der Waals surface area contributed by atoms with E-state index in [1.165, 1.54) is 13.8 Å². The summed E-state index contributed by atoms with van der Waals surface area (Å²) in [5.41, 5.74) is 1.09. The molecule has 0 aliphatic rings. The van der Waals surface area contributed by atoms with Gasteiger partial charge in [-0.25, -0.2) is 0 Å². The maximum atomic E-state index is 12.6. The molecule has 192 valence electrons. The number of carbonyl (C=O) groups is 2. The molecule has 0 aliphatic heterocycles. The predicted molar refractivity (Wildman–Crippen MR) is 139 cm³/mol. The molecular weight excluding hydrogens is 496 g/mol. The first-order valence-electron chi connectivity index (χ1n) is 11.5. The molecule has 37 heavy (non-hydrogen) atoms. The maximum Gasteiger partial charge on any atom is 0.506 e. The van der Waals surface area contributed by atoms with Gasteiger partial charge in [-0.15, -0.1) is 8.42 Å². The Bertz CT molecular complexity index is 1480. The highest BCUT2D eigenvalue weighted by Gasteiger charge is 2.30. The quantitative estimate of drug-likeness (QED) is 0.309. The van der Waals surface area contributed by atoms with Gasteiger partial charge in [-0.05, 0) is 70.8 Å². The first-order valence-corrected chi connectivity index (χ1v) is 12.8. The lowest BCUT2D eigenvalue weighted by molar-refractivity contribution is -0.139. The van der Waals surface area contributed by atoms with Crippen molar-refractivity contribution in [2.45, 2.75) is 25.7 Å². The molecule has 2 atom stereocenters. The molecule has 4 rings (SSSR count). The molecule has 0 aromatic heterocycles. The average molecular weight is 523 g/mol. The van der Waals surface area contributed by atoms with Gasteiger partial charge in [-0.3, -0.25) is 9.59 Å². The zero-order chi connectivity index (χ0) is 26.7. The van der Waals surface area contributed by atoms with Crippen LogP contribution in [0.1, 0.15) is 36.8 Å². The van der Waals surface area contributed by atoms with E-state index < -0.39 is 34.2 Å². The molecule has 0 fully saturated rings. The van der Waals surface area contributed by atoms with Crippen LogP contribution in [0.25, 0.3) is 21.5 Å². The molecule has 4 aromatic rings. The summed E-state index contributed by atoms with van der Waals surface area (Å²) in [5, 5.41) is 3.48. The minimum absolute atomic E-state index is 0.547. The Morgan fingerprint density at radius 2 is 0.946 bits per heavy atom. The van der Waals surface area contributed by atoms with E-state index in [0.29, 0.717) is 22.6 Å². The van der Waals surface area contributed by atoms with Crippen molar-refractivity contribution < 1.29 is 35.8 Å². The summed E-state index contributed by atoms with van der Waals surface area (Å²) in [6, 6.07) is 21.4. The summed E-state index contributed by atoms with van der Waals surface area (Å²) in [6.07, 6.45) is 0. The zero-order valence-corrected chi connectivity index (χ0v) is 21.6. The molecular formula is C28H26O8S. The van der Waals surface area contributed by atoms with Crippen LogP contribution in [0, 0.1) is 0 Å². The Labute approximate surface area is 215 Å². The summed E-state index contributed by atoms with van der Waals surface area (Å²) < 4.78 is 44.4. The van der Waals surface area contributed by atoms with Crippen LogP contribution < -0.4 is 9.47 Å². The average Bonchev–Trinajstić information content (AvgIpc) is 2.90. The standard InChI is InChI=1S/C28H26O8S/c1-17(19-5-7-23-15-25(33-3)11-9-21(23)13-19)27(29)35-37(31,32)36-28(30)18(2)20-6-8-24-16-26(34-4)12-10-22(24)14-20/h5-18H,1-4H3/t17-,18-/m0/s1. The molecule has 0 bridgehead atoms. The van der Waals surface area contributed by atoms with Gasteiger partial charge in [0.2, 0.25) is 0 Å². The minimum atomic E-state index is -4.92. The molecule has 0 N–H and O–H groups in total. The van der Waals surface area contributed by atoms with Crippen molar-refractivity contribution in [1.82, 2.24) is 0 Å². The van der Waals surface area contributed by atoms with Crippen LogP contribution in [-0.4, -0.2) is 34.6 Å². The number of benzene rings is 4. The van der Waals surface area contributed by atoms with E-state index in [-0.39, 0.29) is 0 Å². The van der Waals surface area contributed by atoms with Gasteiger partial charge >= 0.3 is 22.3 Å². The number of carbonyl (C=O) groups excluding carboxylic acids is 2. The van der Waals surface area contributed by atoms with Gasteiger partial charge in [0.1, 0.15) is 11.5 Å². The monoisotopic (exact) mass is 522 g/mol. The zero-order valence-electron chi connectivity index (χ0n) is 20.8. The van der Waals surface area contributed by atoms with Crippen molar-refractivity contribution in [2.24, 2.45) is 0 Å². The van der Waals surface area contributed by atoms with Crippen molar-refractivity contribution in [2.75, 3.05) is 14.2 Å². The minimum Gasteiger partial charge on any atom is -0.497 e. The SMILES string of the molecule is COc1ccc2cc([C@H](C)C(=O)OS(=O)(=O)OC(=O)[C@@H](C)c3ccc4cc(OC)ccc4c3)ccc2c1. The molecule has 0 saturated carbocycles. The Morgan fingerprint density at radius 3 is 1.32 bits per heavy atom. The molecule has 0 amide bonds. The molecule has 0 heterocycles. The van der Waals surface area contributed by atoms with Gasteiger partial charge in [0.15, 0.2) is 0 Å². The maximum absolute atomic E-state index is 12.6. The fraction of sp³-hybridized carbons (Fsp3) is 0.214. The second-order valence-corrected chi connectivity index (χ2v) is 9.75. The van der Waals surface area contributed by atoms with Gasteiger partial charge in [0.25, 0.3) is 0 Å². The number of ether oxygens (including phenoxy) is 2. The van der Waals surface area contributed by atoms with Crippen molar-refractivity contribution in [3.05, 3.63) is 83.9 Å². The molecule has 9 heteroatoms.